The van der Waals surface area contributed by atoms with Crippen molar-refractivity contribution in [2.24, 2.45) is 0 Å². The van der Waals surface area contributed by atoms with Gasteiger partial charge in [0.15, 0.2) is 5.82 Å². The summed E-state index contributed by atoms with van der Waals surface area (Å²) in [6.45, 7) is 10.3. The van der Waals surface area contributed by atoms with Crippen LogP contribution >= 0.6 is 0 Å². The predicted molar refractivity (Wildman–Crippen MR) is 79.8 cm³/mol. The third-order valence-corrected chi connectivity index (χ3v) is 2.74. The number of likely N-dealkylation sites (N-methyl/N-ethyl adjacent to an activating group) is 1. The monoisotopic (exact) mass is 280 g/mol. The van der Waals surface area contributed by atoms with Gasteiger partial charge in [-0.3, -0.25) is 10.00 Å². The van der Waals surface area contributed by atoms with Crippen molar-refractivity contribution in [2.75, 3.05) is 32.1 Å². The fourth-order valence-corrected chi connectivity index (χ4v) is 1.77. The molecule has 0 saturated heterocycles. The third kappa shape index (κ3) is 5.44. The van der Waals surface area contributed by atoms with Gasteiger partial charge in [0.25, 0.3) is 0 Å². The molecule has 0 bridgehead atoms. The van der Waals surface area contributed by atoms with E-state index in [0.717, 1.165) is 18.5 Å². The Morgan fingerprint density at radius 3 is 2.95 bits per heavy atom. The van der Waals surface area contributed by atoms with Crippen LogP contribution in [0.4, 0.5) is 10.6 Å². The first kappa shape index (κ1) is 16.2. The molecule has 2 amide bonds. The average molecular weight is 280 g/mol. The zero-order valence-corrected chi connectivity index (χ0v) is 12.6. The van der Waals surface area contributed by atoms with Crippen LogP contribution in [0.25, 0.3) is 0 Å². The first-order valence-corrected chi connectivity index (χ1v) is 6.79. The number of aryl methyl sites for hydroxylation is 1. The lowest BCUT2D eigenvalue weighted by Crippen LogP contribution is -2.36. The number of carbonyl (C=O) groups is 1. The van der Waals surface area contributed by atoms with Gasteiger partial charge in [0.1, 0.15) is 0 Å². The highest BCUT2D eigenvalue weighted by Crippen LogP contribution is 2.06. The van der Waals surface area contributed by atoms with Gasteiger partial charge in [-0.1, -0.05) is 12.2 Å². The molecule has 0 unspecified atom stereocenters. The number of amides is 2. The van der Waals surface area contributed by atoms with Crippen LogP contribution in [0.3, 0.4) is 0 Å². The van der Waals surface area contributed by atoms with Gasteiger partial charge in [-0.25, -0.2) is 4.79 Å². The minimum atomic E-state index is -0.155. The zero-order chi connectivity index (χ0) is 15.0. The molecule has 0 atom stereocenters. The number of nitrogens with one attached hydrogen (secondary N) is 1. The van der Waals surface area contributed by atoms with Crippen molar-refractivity contribution in [3.05, 3.63) is 24.4 Å². The molecule has 0 fully saturated rings. The molecule has 0 aromatic carbocycles. The summed E-state index contributed by atoms with van der Waals surface area (Å²) in [6.07, 6.45) is 2.74. The van der Waals surface area contributed by atoms with Crippen molar-refractivity contribution in [3.63, 3.8) is 0 Å². The van der Waals surface area contributed by atoms with Crippen molar-refractivity contribution < 1.29 is 9.53 Å². The normalized spacial score (nSPS) is 10.3. The third-order valence-electron chi connectivity index (χ3n) is 2.74. The van der Waals surface area contributed by atoms with Gasteiger partial charge in [0, 0.05) is 45.6 Å². The lowest BCUT2D eigenvalue weighted by molar-refractivity contribution is 0.189. The number of aromatic nitrogens is 2. The molecule has 0 saturated carbocycles. The van der Waals surface area contributed by atoms with Gasteiger partial charge >= 0.3 is 6.03 Å². The molecule has 6 nitrogen and oxygen atoms in total. The Bertz CT molecular complexity index is 442. The lowest BCUT2D eigenvalue weighted by Gasteiger charge is -2.20. The molecule has 112 valence electrons. The topological polar surface area (TPSA) is 59.4 Å². The van der Waals surface area contributed by atoms with E-state index in [2.05, 4.69) is 17.0 Å². The Hall–Kier alpha value is -1.82. The second-order valence-corrected chi connectivity index (χ2v) is 4.71. The van der Waals surface area contributed by atoms with E-state index in [1.807, 2.05) is 20.0 Å². The molecule has 0 aliphatic rings. The Labute approximate surface area is 120 Å². The van der Waals surface area contributed by atoms with E-state index >= 15 is 0 Å². The molecule has 1 aromatic heterocycles. The van der Waals surface area contributed by atoms with Gasteiger partial charge in [-0.15, -0.1) is 0 Å². The first-order chi connectivity index (χ1) is 9.56. The number of carbonyl (C=O) groups excluding carboxylic acids is 1. The standard InChI is InChI=1S/C14H24N4O2/c1-5-17(11-12(2)3)14(19)15-13-7-9-18(16-13)8-6-10-20-4/h7,9H,2,5-6,8,10-11H2,1,3-4H3,(H,15,16,19). The lowest BCUT2D eigenvalue weighted by atomic mass is 10.3. The average Bonchev–Trinajstić information content (AvgIpc) is 2.83. The second kappa shape index (κ2) is 8.37. The number of urea groups is 1. The molecule has 0 aliphatic heterocycles. The largest absolute Gasteiger partial charge is 0.385 e. The number of hydrogen-bond acceptors (Lipinski definition) is 3. The second-order valence-electron chi connectivity index (χ2n) is 4.71. The molecular formula is C14H24N4O2. The number of ether oxygens (including phenoxy) is 1. The predicted octanol–water partition coefficient (Wildman–Crippen LogP) is 2.35. The van der Waals surface area contributed by atoms with Crippen molar-refractivity contribution >= 4 is 11.8 Å². The van der Waals surface area contributed by atoms with Crippen molar-refractivity contribution in [1.82, 2.24) is 14.7 Å². The van der Waals surface area contributed by atoms with Crippen LogP contribution in [-0.2, 0) is 11.3 Å². The number of hydrogen-bond donors (Lipinski definition) is 1. The van der Waals surface area contributed by atoms with Crippen LogP contribution in [0.5, 0.6) is 0 Å². The molecule has 1 aromatic rings. The van der Waals surface area contributed by atoms with E-state index in [1.165, 1.54) is 0 Å². The van der Waals surface area contributed by atoms with Crippen molar-refractivity contribution in [3.8, 4) is 0 Å². The maximum atomic E-state index is 12.1. The van der Waals surface area contributed by atoms with E-state index < -0.39 is 0 Å². The number of nitrogens with zero attached hydrogens (tertiary/aromatic N) is 3. The Kier molecular flexibility index (Phi) is 6.79. The SMILES string of the molecule is C=C(C)CN(CC)C(=O)Nc1ccn(CCCOC)n1. The van der Waals surface area contributed by atoms with Crippen LogP contribution in [0.2, 0.25) is 0 Å². The molecule has 0 spiro atoms. The highest BCUT2D eigenvalue weighted by Gasteiger charge is 2.12. The summed E-state index contributed by atoms with van der Waals surface area (Å²) in [5.74, 6) is 0.563. The number of anilines is 1. The smallest absolute Gasteiger partial charge is 0.323 e. The number of rotatable bonds is 8. The molecular weight excluding hydrogens is 256 g/mol. The fourth-order valence-electron chi connectivity index (χ4n) is 1.77. The van der Waals surface area contributed by atoms with Gasteiger partial charge in [0.05, 0.1) is 0 Å². The fraction of sp³-hybridized carbons (Fsp3) is 0.571. The molecule has 1 rings (SSSR count). The van der Waals surface area contributed by atoms with Crippen molar-refractivity contribution in [2.45, 2.75) is 26.8 Å². The highest BCUT2D eigenvalue weighted by molar-refractivity contribution is 5.88. The Balaban J connectivity index is 2.50. The van der Waals surface area contributed by atoms with E-state index in [-0.39, 0.29) is 6.03 Å². The quantitative estimate of drug-likeness (QED) is 0.587. The van der Waals surface area contributed by atoms with Gasteiger partial charge in [0.2, 0.25) is 0 Å². The maximum Gasteiger partial charge on any atom is 0.323 e. The van der Waals surface area contributed by atoms with Crippen molar-refractivity contribution in [1.29, 1.82) is 0 Å². The zero-order valence-electron chi connectivity index (χ0n) is 12.6. The summed E-state index contributed by atoms with van der Waals surface area (Å²) in [7, 11) is 1.68. The van der Waals surface area contributed by atoms with Gasteiger partial charge in [-0.05, 0) is 20.3 Å². The first-order valence-electron chi connectivity index (χ1n) is 6.79. The summed E-state index contributed by atoms with van der Waals surface area (Å²) in [6, 6.07) is 1.64. The Morgan fingerprint density at radius 2 is 2.35 bits per heavy atom. The molecule has 20 heavy (non-hydrogen) atoms. The molecule has 6 heteroatoms. The summed E-state index contributed by atoms with van der Waals surface area (Å²) < 4.78 is 6.79. The Morgan fingerprint density at radius 1 is 1.60 bits per heavy atom. The van der Waals surface area contributed by atoms with Gasteiger partial charge < -0.3 is 9.64 Å². The summed E-state index contributed by atoms with van der Waals surface area (Å²) in [4.78, 5) is 13.7. The van der Waals surface area contributed by atoms with Crippen LogP contribution in [0.15, 0.2) is 24.4 Å². The maximum absolute atomic E-state index is 12.1. The minimum Gasteiger partial charge on any atom is -0.385 e. The molecule has 1 heterocycles. The van der Waals surface area contributed by atoms with Crippen LogP contribution in [0, 0.1) is 0 Å². The van der Waals surface area contributed by atoms with Crippen LogP contribution in [0.1, 0.15) is 20.3 Å². The summed E-state index contributed by atoms with van der Waals surface area (Å²) in [5, 5.41) is 7.09. The van der Waals surface area contributed by atoms with E-state index in [0.29, 0.717) is 25.5 Å². The molecule has 0 radical (unpaired) electrons. The molecule has 1 N–H and O–H groups in total. The van der Waals surface area contributed by atoms with Gasteiger partial charge in [-0.2, -0.15) is 5.10 Å². The van der Waals surface area contributed by atoms with Crippen LogP contribution < -0.4 is 5.32 Å². The number of methoxy groups -OCH3 is 1. The van der Waals surface area contributed by atoms with Crippen LogP contribution in [-0.4, -0.2) is 47.5 Å². The minimum absolute atomic E-state index is 0.155. The summed E-state index contributed by atoms with van der Waals surface area (Å²) in [5.41, 5.74) is 0.951. The summed E-state index contributed by atoms with van der Waals surface area (Å²) >= 11 is 0. The highest BCUT2D eigenvalue weighted by atomic mass is 16.5. The molecule has 0 aliphatic carbocycles. The van der Waals surface area contributed by atoms with E-state index in [4.69, 9.17) is 4.74 Å². The van der Waals surface area contributed by atoms with E-state index in [1.54, 1.807) is 22.8 Å². The van der Waals surface area contributed by atoms with E-state index in [9.17, 15) is 4.79 Å².